The van der Waals surface area contributed by atoms with Gasteiger partial charge in [0.25, 0.3) is 0 Å². The molecule has 0 saturated carbocycles. The van der Waals surface area contributed by atoms with Crippen LogP contribution in [0.15, 0.2) is 24.3 Å². The van der Waals surface area contributed by atoms with Crippen molar-refractivity contribution < 1.29 is 4.74 Å². The van der Waals surface area contributed by atoms with Crippen LogP contribution in [0.25, 0.3) is 0 Å². The van der Waals surface area contributed by atoms with E-state index >= 15 is 0 Å². The largest absolute Gasteiger partial charge is 0.494 e. The Hall–Kier alpha value is -1.10. The zero-order valence-electron chi connectivity index (χ0n) is 15.4. The number of benzene rings is 1. The predicted molar refractivity (Wildman–Crippen MR) is 101 cm³/mol. The van der Waals surface area contributed by atoms with Crippen LogP contribution in [-0.4, -0.2) is 25.7 Å². The van der Waals surface area contributed by atoms with Crippen molar-refractivity contribution in [1.29, 1.82) is 0 Å². The summed E-state index contributed by atoms with van der Waals surface area (Å²) in [6.45, 7) is 7.27. The topological polar surface area (TPSA) is 45.3 Å². The first-order valence-electron chi connectivity index (χ1n) is 9.78. The highest BCUT2D eigenvalue weighted by atomic mass is 16.5. The van der Waals surface area contributed by atoms with Crippen molar-refractivity contribution in [3.05, 3.63) is 29.8 Å². The fraction of sp³-hybridized carbons (Fsp3) is 0.700. The Bertz CT molecular complexity index is 435. The van der Waals surface area contributed by atoms with Gasteiger partial charge in [0.15, 0.2) is 0 Å². The smallest absolute Gasteiger partial charge is 0.119 e. The van der Waals surface area contributed by atoms with Crippen LogP contribution >= 0.6 is 0 Å². The van der Waals surface area contributed by atoms with Gasteiger partial charge < -0.3 is 10.1 Å². The van der Waals surface area contributed by atoms with Gasteiger partial charge in [0, 0.05) is 18.6 Å². The second-order valence-corrected chi connectivity index (χ2v) is 6.77. The maximum atomic E-state index is 5.86. The molecule has 2 atom stereocenters. The van der Waals surface area contributed by atoms with Gasteiger partial charge in [-0.2, -0.15) is 0 Å². The molecule has 4 heteroatoms. The van der Waals surface area contributed by atoms with Crippen molar-refractivity contribution in [2.45, 2.75) is 70.9 Å². The van der Waals surface area contributed by atoms with E-state index in [0.29, 0.717) is 12.1 Å². The molecule has 1 fully saturated rings. The standard InChI is InChI=1S/C20H35N3O/c1-3-5-6-7-8-9-14-24-19-12-10-17(11-13-19)20-15-18(22-23-20)16-21-4-2/h10-13,18,20-23H,3-9,14-16H2,1-2H3. The molecule has 2 rings (SSSR count). The van der Waals surface area contributed by atoms with E-state index in [2.05, 4.69) is 54.3 Å². The number of unbranched alkanes of at least 4 members (excludes halogenated alkanes) is 5. The number of rotatable bonds is 12. The van der Waals surface area contributed by atoms with Gasteiger partial charge in [-0.05, 0) is 37.1 Å². The van der Waals surface area contributed by atoms with Crippen LogP contribution in [0.4, 0.5) is 0 Å². The quantitative estimate of drug-likeness (QED) is 0.507. The first-order chi connectivity index (χ1) is 11.8. The molecule has 0 aromatic heterocycles. The number of nitrogens with one attached hydrogen (secondary N) is 3. The molecule has 1 heterocycles. The van der Waals surface area contributed by atoms with Gasteiger partial charge in [-0.3, -0.25) is 5.43 Å². The molecule has 0 spiro atoms. The van der Waals surface area contributed by atoms with Crippen LogP contribution in [-0.2, 0) is 0 Å². The average molecular weight is 334 g/mol. The highest BCUT2D eigenvalue weighted by molar-refractivity contribution is 5.29. The lowest BCUT2D eigenvalue weighted by Gasteiger charge is -2.12. The first-order valence-corrected chi connectivity index (χ1v) is 9.78. The Labute approximate surface area is 147 Å². The number of ether oxygens (including phenoxy) is 1. The molecule has 136 valence electrons. The lowest BCUT2D eigenvalue weighted by Crippen LogP contribution is -2.37. The summed E-state index contributed by atoms with van der Waals surface area (Å²) in [5.74, 6) is 0.988. The van der Waals surface area contributed by atoms with Crippen LogP contribution in [0.3, 0.4) is 0 Å². The average Bonchev–Trinajstić information content (AvgIpc) is 3.08. The second-order valence-electron chi connectivity index (χ2n) is 6.77. The van der Waals surface area contributed by atoms with Gasteiger partial charge in [-0.25, -0.2) is 5.43 Å². The van der Waals surface area contributed by atoms with E-state index in [1.807, 2.05) is 0 Å². The molecule has 0 amide bonds. The van der Waals surface area contributed by atoms with Crippen molar-refractivity contribution in [2.75, 3.05) is 19.7 Å². The molecule has 1 aromatic rings. The number of likely N-dealkylation sites (N-methyl/N-ethyl adjacent to an activating group) is 1. The van der Waals surface area contributed by atoms with Crippen molar-refractivity contribution in [3.63, 3.8) is 0 Å². The fourth-order valence-corrected chi connectivity index (χ4v) is 3.16. The lowest BCUT2D eigenvalue weighted by atomic mass is 10.0. The van der Waals surface area contributed by atoms with E-state index in [0.717, 1.165) is 38.3 Å². The molecule has 0 radical (unpaired) electrons. The van der Waals surface area contributed by atoms with Crippen LogP contribution < -0.4 is 20.9 Å². The van der Waals surface area contributed by atoms with Crippen molar-refractivity contribution in [1.82, 2.24) is 16.2 Å². The molecule has 24 heavy (non-hydrogen) atoms. The maximum Gasteiger partial charge on any atom is 0.119 e. The minimum Gasteiger partial charge on any atom is -0.494 e. The summed E-state index contributed by atoms with van der Waals surface area (Å²) in [6.07, 6.45) is 8.93. The van der Waals surface area contributed by atoms with Crippen LogP contribution in [0.1, 0.15) is 70.4 Å². The molecule has 2 unspecified atom stereocenters. The van der Waals surface area contributed by atoms with Crippen molar-refractivity contribution in [2.24, 2.45) is 0 Å². The molecule has 0 aliphatic carbocycles. The third kappa shape index (κ3) is 6.80. The van der Waals surface area contributed by atoms with Crippen molar-refractivity contribution >= 4 is 0 Å². The first kappa shape index (κ1) is 19.2. The minimum atomic E-state index is 0.390. The molecule has 4 nitrogen and oxygen atoms in total. The monoisotopic (exact) mass is 333 g/mol. The van der Waals surface area contributed by atoms with E-state index < -0.39 is 0 Å². The Balaban J connectivity index is 1.64. The number of hydrogen-bond donors (Lipinski definition) is 3. The zero-order chi connectivity index (χ0) is 17.0. The van der Waals surface area contributed by atoms with Gasteiger partial charge >= 0.3 is 0 Å². The molecular formula is C20H35N3O. The summed E-state index contributed by atoms with van der Waals surface area (Å²) in [7, 11) is 0. The summed E-state index contributed by atoms with van der Waals surface area (Å²) >= 11 is 0. The highest BCUT2D eigenvalue weighted by Crippen LogP contribution is 2.24. The van der Waals surface area contributed by atoms with Gasteiger partial charge in [-0.15, -0.1) is 0 Å². The Morgan fingerprint density at radius 2 is 1.75 bits per heavy atom. The van der Waals surface area contributed by atoms with Crippen LogP contribution in [0, 0.1) is 0 Å². The Morgan fingerprint density at radius 1 is 1.00 bits per heavy atom. The Kier molecular flexibility index (Phi) is 9.18. The van der Waals surface area contributed by atoms with E-state index in [-0.39, 0.29) is 0 Å². The summed E-state index contributed by atoms with van der Waals surface area (Å²) in [6, 6.07) is 9.47. The molecule has 3 N–H and O–H groups in total. The summed E-state index contributed by atoms with van der Waals surface area (Å²) < 4.78 is 5.86. The predicted octanol–water partition coefficient (Wildman–Crippen LogP) is 3.94. The van der Waals surface area contributed by atoms with Crippen molar-refractivity contribution in [3.8, 4) is 5.75 Å². The minimum absolute atomic E-state index is 0.390. The third-order valence-corrected chi connectivity index (χ3v) is 4.67. The number of hydrazine groups is 1. The van der Waals surface area contributed by atoms with Gasteiger partial charge in [0.05, 0.1) is 6.61 Å². The molecule has 1 aliphatic rings. The normalized spacial score (nSPS) is 20.4. The zero-order valence-corrected chi connectivity index (χ0v) is 15.4. The molecule has 1 aromatic carbocycles. The lowest BCUT2D eigenvalue weighted by molar-refractivity contribution is 0.304. The highest BCUT2D eigenvalue weighted by Gasteiger charge is 2.24. The van der Waals surface area contributed by atoms with E-state index in [1.165, 1.54) is 37.7 Å². The maximum absolute atomic E-state index is 5.86. The van der Waals surface area contributed by atoms with E-state index in [1.54, 1.807) is 0 Å². The van der Waals surface area contributed by atoms with E-state index in [9.17, 15) is 0 Å². The Morgan fingerprint density at radius 3 is 2.50 bits per heavy atom. The van der Waals surface area contributed by atoms with Crippen LogP contribution in [0.2, 0.25) is 0 Å². The van der Waals surface area contributed by atoms with Gasteiger partial charge in [-0.1, -0.05) is 58.1 Å². The summed E-state index contributed by atoms with van der Waals surface area (Å²) in [5, 5.41) is 3.39. The molecule has 0 bridgehead atoms. The second kappa shape index (κ2) is 11.5. The van der Waals surface area contributed by atoms with Gasteiger partial charge in [0.2, 0.25) is 0 Å². The molecular weight excluding hydrogens is 298 g/mol. The number of hydrogen-bond acceptors (Lipinski definition) is 4. The molecule has 1 aliphatic heterocycles. The summed E-state index contributed by atoms with van der Waals surface area (Å²) in [5.41, 5.74) is 8.10. The van der Waals surface area contributed by atoms with Crippen LogP contribution in [0.5, 0.6) is 5.75 Å². The third-order valence-electron chi connectivity index (χ3n) is 4.67. The van der Waals surface area contributed by atoms with Gasteiger partial charge in [0.1, 0.15) is 5.75 Å². The van der Waals surface area contributed by atoms with E-state index in [4.69, 9.17) is 4.74 Å². The SMILES string of the molecule is CCCCCCCCOc1ccc(C2CC(CNCC)NN2)cc1. The summed E-state index contributed by atoms with van der Waals surface area (Å²) in [4.78, 5) is 0. The fourth-order valence-electron chi connectivity index (χ4n) is 3.16. The molecule has 1 saturated heterocycles.